The summed E-state index contributed by atoms with van der Waals surface area (Å²) < 4.78 is 10.8. The first kappa shape index (κ1) is 16.0. The lowest BCUT2D eigenvalue weighted by Gasteiger charge is -2.11. The fraction of sp³-hybridized carbons (Fsp3) is 0.600. The Labute approximate surface area is 116 Å². The van der Waals surface area contributed by atoms with Crippen LogP contribution in [0.1, 0.15) is 12.0 Å². The van der Waals surface area contributed by atoms with E-state index < -0.39 is 0 Å². The van der Waals surface area contributed by atoms with Crippen LogP contribution >= 0.6 is 0 Å². The summed E-state index contributed by atoms with van der Waals surface area (Å²) >= 11 is 0. The van der Waals surface area contributed by atoms with Crippen molar-refractivity contribution in [2.24, 2.45) is 0 Å². The number of hydrogen-bond donors (Lipinski definition) is 1. The van der Waals surface area contributed by atoms with E-state index in [4.69, 9.17) is 9.47 Å². The van der Waals surface area contributed by atoms with Crippen molar-refractivity contribution in [2.75, 3.05) is 47.4 Å². The van der Waals surface area contributed by atoms with Crippen molar-refractivity contribution in [3.8, 4) is 5.75 Å². The molecule has 0 aliphatic carbocycles. The largest absolute Gasteiger partial charge is 0.492 e. The number of nitrogens with one attached hydrogen (secondary N) is 1. The molecule has 0 bridgehead atoms. The molecule has 4 nitrogen and oxygen atoms in total. The first-order chi connectivity index (χ1) is 9.22. The predicted molar refractivity (Wildman–Crippen MR) is 78.7 cm³/mol. The van der Waals surface area contributed by atoms with Crippen LogP contribution < -0.4 is 10.1 Å². The maximum absolute atomic E-state index is 5.69. The van der Waals surface area contributed by atoms with Gasteiger partial charge in [0, 0.05) is 13.7 Å². The molecule has 0 aliphatic rings. The van der Waals surface area contributed by atoms with E-state index in [-0.39, 0.29) is 0 Å². The first-order valence-corrected chi connectivity index (χ1v) is 6.78. The molecule has 108 valence electrons. The van der Waals surface area contributed by atoms with E-state index in [2.05, 4.69) is 24.3 Å². The van der Waals surface area contributed by atoms with Crippen LogP contribution in [0.15, 0.2) is 24.3 Å². The van der Waals surface area contributed by atoms with E-state index >= 15 is 0 Å². The van der Waals surface area contributed by atoms with Gasteiger partial charge in [0.1, 0.15) is 12.4 Å². The third-order valence-corrected chi connectivity index (χ3v) is 2.72. The molecular weight excluding hydrogens is 240 g/mol. The minimum Gasteiger partial charge on any atom is -0.492 e. The molecule has 0 heterocycles. The number of nitrogens with zero attached hydrogens (tertiary/aromatic N) is 1. The Balaban J connectivity index is 2.10. The number of ether oxygens (including phenoxy) is 2. The zero-order valence-electron chi connectivity index (χ0n) is 12.3. The van der Waals surface area contributed by atoms with Gasteiger partial charge in [-0.05, 0) is 51.3 Å². The second kappa shape index (κ2) is 9.78. The molecule has 0 unspecified atom stereocenters. The molecule has 1 N–H and O–H groups in total. The van der Waals surface area contributed by atoms with Crippen LogP contribution in [-0.2, 0) is 11.3 Å². The van der Waals surface area contributed by atoms with E-state index in [0.717, 1.165) is 37.4 Å². The normalized spacial score (nSPS) is 10.9. The highest BCUT2D eigenvalue weighted by atomic mass is 16.5. The van der Waals surface area contributed by atoms with E-state index in [1.54, 1.807) is 7.11 Å². The highest BCUT2D eigenvalue weighted by Gasteiger charge is 1.97. The highest BCUT2D eigenvalue weighted by Crippen LogP contribution is 2.13. The number of rotatable bonds is 10. The summed E-state index contributed by atoms with van der Waals surface area (Å²) in [5, 5.41) is 3.37. The van der Waals surface area contributed by atoms with E-state index in [9.17, 15) is 0 Å². The lowest BCUT2D eigenvalue weighted by atomic mass is 10.2. The summed E-state index contributed by atoms with van der Waals surface area (Å²) in [6.45, 7) is 4.35. The van der Waals surface area contributed by atoms with Crippen molar-refractivity contribution in [2.45, 2.75) is 13.0 Å². The summed E-state index contributed by atoms with van der Waals surface area (Å²) in [4.78, 5) is 2.19. The molecule has 19 heavy (non-hydrogen) atoms. The number of benzene rings is 1. The maximum atomic E-state index is 5.69. The number of hydrogen-bond acceptors (Lipinski definition) is 4. The van der Waals surface area contributed by atoms with Crippen molar-refractivity contribution in [1.82, 2.24) is 10.2 Å². The molecule has 0 fully saturated rings. The molecule has 4 heteroatoms. The smallest absolute Gasteiger partial charge is 0.119 e. The van der Waals surface area contributed by atoms with Crippen LogP contribution in [0, 0.1) is 0 Å². The minimum absolute atomic E-state index is 0.625. The van der Waals surface area contributed by atoms with Crippen molar-refractivity contribution < 1.29 is 9.47 Å². The molecule has 1 rings (SSSR count). The quantitative estimate of drug-likeness (QED) is 0.654. The zero-order valence-corrected chi connectivity index (χ0v) is 12.3. The lowest BCUT2D eigenvalue weighted by molar-refractivity contribution is 0.184. The van der Waals surface area contributed by atoms with Crippen molar-refractivity contribution >= 4 is 0 Å². The van der Waals surface area contributed by atoms with Crippen molar-refractivity contribution in [3.63, 3.8) is 0 Å². The van der Waals surface area contributed by atoms with Gasteiger partial charge in [-0.25, -0.2) is 0 Å². The summed E-state index contributed by atoms with van der Waals surface area (Å²) in [6.07, 6.45) is 1.16. The Morgan fingerprint density at radius 3 is 2.79 bits per heavy atom. The molecule has 0 aromatic heterocycles. The van der Waals surface area contributed by atoms with Gasteiger partial charge in [-0.2, -0.15) is 0 Å². The summed E-state index contributed by atoms with van der Waals surface area (Å²) in [6, 6.07) is 8.03. The topological polar surface area (TPSA) is 33.7 Å². The van der Waals surface area contributed by atoms with Gasteiger partial charge in [-0.1, -0.05) is 12.1 Å². The van der Waals surface area contributed by atoms with Crippen LogP contribution in [0.5, 0.6) is 5.75 Å². The molecule has 0 amide bonds. The van der Waals surface area contributed by atoms with E-state index in [1.165, 1.54) is 0 Å². The molecule has 1 aromatic carbocycles. The van der Waals surface area contributed by atoms with Crippen LogP contribution in [-0.4, -0.2) is 52.3 Å². The fourth-order valence-electron chi connectivity index (χ4n) is 1.78. The van der Waals surface area contributed by atoms with E-state index in [0.29, 0.717) is 13.2 Å². The van der Waals surface area contributed by atoms with E-state index in [1.807, 2.05) is 24.3 Å². The average molecular weight is 266 g/mol. The van der Waals surface area contributed by atoms with Crippen LogP contribution in [0.25, 0.3) is 0 Å². The summed E-state index contributed by atoms with van der Waals surface area (Å²) in [5.74, 6) is 0.907. The highest BCUT2D eigenvalue weighted by molar-refractivity contribution is 5.28. The Hall–Kier alpha value is -1.10. The van der Waals surface area contributed by atoms with Gasteiger partial charge in [-0.3, -0.25) is 0 Å². The summed E-state index contributed by atoms with van der Waals surface area (Å²) in [5.41, 5.74) is 1.14. The minimum atomic E-state index is 0.625. The summed E-state index contributed by atoms with van der Waals surface area (Å²) in [7, 11) is 5.89. The molecule has 0 saturated carbocycles. The zero-order chi connectivity index (χ0) is 13.9. The Kier molecular flexibility index (Phi) is 8.21. The van der Waals surface area contributed by atoms with Gasteiger partial charge < -0.3 is 19.7 Å². The predicted octanol–water partition coefficient (Wildman–Crippen LogP) is 1.75. The standard InChI is InChI=1S/C15H26N2O2/c1-17(2)10-5-8-16-9-11-19-15-7-4-6-14(12-15)13-18-3/h4,6-7,12,16H,5,8-11,13H2,1-3H3. The van der Waals surface area contributed by atoms with Gasteiger partial charge in [0.05, 0.1) is 6.61 Å². The fourth-order valence-corrected chi connectivity index (χ4v) is 1.78. The van der Waals surface area contributed by atoms with Crippen LogP contribution in [0.4, 0.5) is 0 Å². The van der Waals surface area contributed by atoms with Crippen molar-refractivity contribution in [3.05, 3.63) is 29.8 Å². The molecule has 0 spiro atoms. The van der Waals surface area contributed by atoms with Gasteiger partial charge >= 0.3 is 0 Å². The molecule has 0 radical (unpaired) electrons. The van der Waals surface area contributed by atoms with Gasteiger partial charge in [0.2, 0.25) is 0 Å². The lowest BCUT2D eigenvalue weighted by Crippen LogP contribution is -2.25. The Morgan fingerprint density at radius 2 is 2.05 bits per heavy atom. The Bertz CT molecular complexity index is 343. The Morgan fingerprint density at radius 1 is 1.21 bits per heavy atom. The molecule has 0 atom stereocenters. The second-order valence-corrected chi connectivity index (χ2v) is 4.84. The number of methoxy groups -OCH3 is 1. The first-order valence-electron chi connectivity index (χ1n) is 6.78. The second-order valence-electron chi connectivity index (χ2n) is 4.84. The molecule has 0 aliphatic heterocycles. The van der Waals surface area contributed by atoms with Gasteiger partial charge in [0.15, 0.2) is 0 Å². The SMILES string of the molecule is COCc1cccc(OCCNCCCN(C)C)c1. The monoisotopic (exact) mass is 266 g/mol. The maximum Gasteiger partial charge on any atom is 0.119 e. The average Bonchev–Trinajstić information content (AvgIpc) is 2.38. The molecule has 1 aromatic rings. The molecular formula is C15H26N2O2. The third-order valence-electron chi connectivity index (χ3n) is 2.72. The van der Waals surface area contributed by atoms with Crippen LogP contribution in [0.2, 0.25) is 0 Å². The van der Waals surface area contributed by atoms with Crippen molar-refractivity contribution in [1.29, 1.82) is 0 Å². The van der Waals surface area contributed by atoms with Gasteiger partial charge in [0.25, 0.3) is 0 Å². The van der Waals surface area contributed by atoms with Crippen LogP contribution in [0.3, 0.4) is 0 Å². The third kappa shape index (κ3) is 7.82. The van der Waals surface area contributed by atoms with Gasteiger partial charge in [-0.15, -0.1) is 0 Å². The molecule has 0 saturated heterocycles.